The molecule has 106 valence electrons. The molecule has 2 heterocycles. The molecule has 0 bridgehead atoms. The van der Waals surface area contributed by atoms with Crippen LogP contribution in [0.4, 0.5) is 5.82 Å². The highest BCUT2D eigenvalue weighted by Crippen LogP contribution is 2.13. The van der Waals surface area contributed by atoms with E-state index in [1.54, 1.807) is 17.5 Å². The summed E-state index contributed by atoms with van der Waals surface area (Å²) in [6.45, 7) is 2.89. The number of hydrogen-bond donors (Lipinski definition) is 2. The van der Waals surface area contributed by atoms with Gasteiger partial charge in [-0.1, -0.05) is 11.3 Å². The molecule has 0 aromatic carbocycles. The Morgan fingerprint density at radius 2 is 2.21 bits per heavy atom. The fourth-order valence-electron chi connectivity index (χ4n) is 1.62. The Bertz CT molecular complexity index is 521. The highest BCUT2D eigenvalue weighted by Gasteiger charge is 2.16. The average Bonchev–Trinajstić information content (AvgIpc) is 2.65. The molecule has 0 aliphatic heterocycles. The first-order chi connectivity index (χ1) is 8.22. The van der Waals surface area contributed by atoms with Crippen LogP contribution in [0.1, 0.15) is 16.1 Å². The third kappa shape index (κ3) is 4.28. The summed E-state index contributed by atoms with van der Waals surface area (Å²) in [5, 5.41) is 8.94. The van der Waals surface area contributed by atoms with Gasteiger partial charge in [0.1, 0.15) is 12.1 Å². The SMILES string of the molecule is Cc1c(CCO)sc[n+]1Cc1cncnc1N.Cl.[Cl-]. The van der Waals surface area contributed by atoms with Crippen molar-refractivity contribution in [2.24, 2.45) is 0 Å². The van der Waals surface area contributed by atoms with Crippen molar-refractivity contribution in [3.8, 4) is 0 Å². The number of nitrogen functional groups attached to an aromatic ring is 1. The molecule has 2 aromatic heterocycles. The molecule has 19 heavy (non-hydrogen) atoms. The molecule has 0 radical (unpaired) electrons. The van der Waals surface area contributed by atoms with E-state index >= 15 is 0 Å². The first kappa shape index (κ1) is 18.0. The molecular formula is C11H16Cl2N4OS. The van der Waals surface area contributed by atoms with Gasteiger partial charge in [0.2, 0.25) is 5.51 Å². The number of nitrogens with two attached hydrogens (primary N) is 1. The topological polar surface area (TPSA) is 75.9 Å². The number of thiazole rings is 1. The Balaban J connectivity index is 0.00000162. The van der Waals surface area contributed by atoms with Crippen LogP contribution < -0.4 is 22.7 Å². The average molecular weight is 323 g/mol. The van der Waals surface area contributed by atoms with Crippen LogP contribution in [0, 0.1) is 6.92 Å². The number of aromatic nitrogens is 3. The van der Waals surface area contributed by atoms with Crippen molar-refractivity contribution in [2.45, 2.75) is 19.9 Å². The molecule has 0 spiro atoms. The molecule has 0 saturated heterocycles. The second-order valence-corrected chi connectivity index (χ2v) is 4.71. The van der Waals surface area contributed by atoms with Gasteiger partial charge in [0.15, 0.2) is 12.2 Å². The lowest BCUT2D eigenvalue weighted by Crippen LogP contribution is -3.00. The second-order valence-electron chi connectivity index (χ2n) is 3.77. The summed E-state index contributed by atoms with van der Waals surface area (Å²) in [6, 6.07) is 0. The summed E-state index contributed by atoms with van der Waals surface area (Å²) in [6.07, 6.45) is 3.88. The zero-order valence-corrected chi connectivity index (χ0v) is 12.8. The van der Waals surface area contributed by atoms with Crippen LogP contribution in [0.15, 0.2) is 18.0 Å². The first-order valence-electron chi connectivity index (χ1n) is 5.34. The highest BCUT2D eigenvalue weighted by atomic mass is 35.5. The van der Waals surface area contributed by atoms with Crippen LogP contribution in [0.5, 0.6) is 0 Å². The Hall–Kier alpha value is -0.950. The molecule has 0 amide bonds. The molecular weight excluding hydrogens is 307 g/mol. The minimum absolute atomic E-state index is 0. The van der Waals surface area contributed by atoms with Crippen molar-refractivity contribution in [3.63, 3.8) is 0 Å². The van der Waals surface area contributed by atoms with Gasteiger partial charge in [-0.15, -0.1) is 12.4 Å². The van der Waals surface area contributed by atoms with E-state index in [0.29, 0.717) is 18.8 Å². The van der Waals surface area contributed by atoms with E-state index in [9.17, 15) is 0 Å². The number of hydrogen-bond acceptors (Lipinski definition) is 5. The Morgan fingerprint density at radius 3 is 2.84 bits per heavy atom. The zero-order chi connectivity index (χ0) is 12.3. The number of aliphatic hydroxyl groups is 1. The maximum absolute atomic E-state index is 8.94. The minimum Gasteiger partial charge on any atom is -1.00 e. The Kier molecular flexibility index (Phi) is 7.85. The molecule has 0 saturated carbocycles. The van der Waals surface area contributed by atoms with Crippen molar-refractivity contribution in [2.75, 3.05) is 12.3 Å². The normalized spacial score (nSPS) is 9.58. The van der Waals surface area contributed by atoms with Gasteiger partial charge in [-0.25, -0.2) is 9.97 Å². The molecule has 0 atom stereocenters. The maximum Gasteiger partial charge on any atom is 0.225 e. The van der Waals surface area contributed by atoms with Crippen LogP contribution in [-0.4, -0.2) is 21.7 Å². The van der Waals surface area contributed by atoms with Gasteiger partial charge in [0.05, 0.1) is 10.4 Å². The van der Waals surface area contributed by atoms with Gasteiger partial charge in [-0.3, -0.25) is 0 Å². The molecule has 0 unspecified atom stereocenters. The van der Waals surface area contributed by atoms with E-state index in [1.807, 2.05) is 12.4 Å². The van der Waals surface area contributed by atoms with Gasteiger partial charge < -0.3 is 23.2 Å². The van der Waals surface area contributed by atoms with Crippen LogP contribution >= 0.6 is 23.7 Å². The predicted octanol–water partition coefficient (Wildman–Crippen LogP) is -2.27. The molecule has 0 aliphatic rings. The highest BCUT2D eigenvalue weighted by molar-refractivity contribution is 7.09. The van der Waals surface area contributed by atoms with Crippen LogP contribution in [0.2, 0.25) is 0 Å². The van der Waals surface area contributed by atoms with Gasteiger partial charge in [-0.2, -0.15) is 4.57 Å². The lowest BCUT2D eigenvalue weighted by Gasteiger charge is -1.99. The fourth-order valence-corrected chi connectivity index (χ4v) is 2.61. The molecule has 2 aromatic rings. The number of halogens is 2. The van der Waals surface area contributed by atoms with Gasteiger partial charge in [0.25, 0.3) is 0 Å². The molecule has 5 nitrogen and oxygen atoms in total. The zero-order valence-electron chi connectivity index (χ0n) is 10.4. The molecule has 0 fully saturated rings. The molecule has 2 rings (SSSR count). The minimum atomic E-state index is 0. The largest absolute Gasteiger partial charge is 1.00 e. The summed E-state index contributed by atoms with van der Waals surface area (Å²) in [7, 11) is 0. The van der Waals surface area contributed by atoms with Gasteiger partial charge in [-0.05, 0) is 0 Å². The number of rotatable bonds is 4. The van der Waals surface area contributed by atoms with E-state index in [0.717, 1.165) is 11.3 Å². The summed E-state index contributed by atoms with van der Waals surface area (Å²) >= 11 is 1.65. The fraction of sp³-hybridized carbons (Fsp3) is 0.364. The molecule has 3 N–H and O–H groups in total. The summed E-state index contributed by atoms with van der Waals surface area (Å²) in [5.41, 5.74) is 9.89. The van der Waals surface area contributed by atoms with E-state index in [1.165, 1.54) is 11.2 Å². The lowest BCUT2D eigenvalue weighted by molar-refractivity contribution is -0.689. The van der Waals surface area contributed by atoms with Crippen molar-refractivity contribution in [1.82, 2.24) is 9.97 Å². The summed E-state index contributed by atoms with van der Waals surface area (Å²) < 4.78 is 2.10. The number of aliphatic hydroxyl groups excluding tert-OH is 1. The van der Waals surface area contributed by atoms with Crippen molar-refractivity contribution >= 4 is 29.6 Å². The maximum atomic E-state index is 8.94. The van der Waals surface area contributed by atoms with Crippen LogP contribution in [0.25, 0.3) is 0 Å². The Labute approximate surface area is 128 Å². The van der Waals surface area contributed by atoms with Crippen molar-refractivity contribution in [3.05, 3.63) is 34.2 Å². The lowest BCUT2D eigenvalue weighted by atomic mass is 10.2. The third-order valence-corrected chi connectivity index (χ3v) is 3.80. The van der Waals surface area contributed by atoms with E-state index in [-0.39, 0.29) is 31.4 Å². The predicted molar refractivity (Wildman–Crippen MR) is 72.8 cm³/mol. The third-order valence-electron chi connectivity index (χ3n) is 2.66. The van der Waals surface area contributed by atoms with Crippen molar-refractivity contribution in [1.29, 1.82) is 0 Å². The molecule has 8 heteroatoms. The monoisotopic (exact) mass is 322 g/mol. The summed E-state index contributed by atoms with van der Waals surface area (Å²) in [4.78, 5) is 9.14. The van der Waals surface area contributed by atoms with E-state index < -0.39 is 0 Å². The smallest absolute Gasteiger partial charge is 0.225 e. The first-order valence-corrected chi connectivity index (χ1v) is 6.22. The number of anilines is 1. The van der Waals surface area contributed by atoms with Crippen LogP contribution in [-0.2, 0) is 13.0 Å². The van der Waals surface area contributed by atoms with Crippen LogP contribution in [0.3, 0.4) is 0 Å². The van der Waals surface area contributed by atoms with Gasteiger partial charge >= 0.3 is 0 Å². The van der Waals surface area contributed by atoms with Crippen molar-refractivity contribution < 1.29 is 22.1 Å². The van der Waals surface area contributed by atoms with Gasteiger partial charge in [0, 0.05) is 26.1 Å². The summed E-state index contributed by atoms with van der Waals surface area (Å²) in [5.74, 6) is 0.516. The van der Waals surface area contributed by atoms with E-state index in [4.69, 9.17) is 10.8 Å². The quantitative estimate of drug-likeness (QED) is 0.622. The molecule has 0 aliphatic carbocycles. The standard InChI is InChI=1S/C11H15N4OS.2ClH/c1-8-10(2-3-16)17-7-15(8)5-9-4-13-6-14-11(9)12;;/h4,6-7,16H,2-3,5H2,1H3,(H2,12,13,14);2*1H/q+1;;/p-1. The van der Waals surface area contributed by atoms with E-state index in [2.05, 4.69) is 14.5 Å². The number of nitrogens with zero attached hydrogens (tertiary/aromatic N) is 3. The Morgan fingerprint density at radius 1 is 1.47 bits per heavy atom. The second kappa shape index (κ2) is 8.27.